The van der Waals surface area contributed by atoms with Crippen LogP contribution in [0, 0.1) is 11.3 Å². The summed E-state index contributed by atoms with van der Waals surface area (Å²) >= 11 is 5.07. The zero-order valence-electron chi connectivity index (χ0n) is 10.2. The highest BCUT2D eigenvalue weighted by molar-refractivity contribution is 9.10. The number of hydrogen-bond donors (Lipinski definition) is 0. The van der Waals surface area contributed by atoms with E-state index in [0.717, 1.165) is 10.9 Å². The lowest BCUT2D eigenvalue weighted by atomic mass is 10.2. The van der Waals surface area contributed by atoms with Gasteiger partial charge in [0.1, 0.15) is 0 Å². The van der Waals surface area contributed by atoms with Gasteiger partial charge >= 0.3 is 0 Å². The summed E-state index contributed by atoms with van der Waals surface area (Å²) in [6, 6.07) is 10.2. The molecule has 0 fully saturated rings. The van der Waals surface area contributed by atoms with Crippen LogP contribution in [0.1, 0.15) is 24.6 Å². The fraction of sp³-hybridized carbons (Fsp3) is 0.308. The first kappa shape index (κ1) is 14.1. The molecule has 0 spiro atoms. The van der Waals surface area contributed by atoms with E-state index in [2.05, 4.69) is 32.1 Å². The van der Waals surface area contributed by atoms with E-state index in [9.17, 15) is 0 Å². The Morgan fingerprint density at radius 1 is 1.32 bits per heavy atom. The Balaban J connectivity index is 1.83. The predicted octanol–water partition coefficient (Wildman–Crippen LogP) is 3.97. The van der Waals surface area contributed by atoms with Crippen molar-refractivity contribution in [2.24, 2.45) is 0 Å². The van der Waals surface area contributed by atoms with Gasteiger partial charge in [-0.1, -0.05) is 21.1 Å². The van der Waals surface area contributed by atoms with Crippen LogP contribution < -0.4 is 0 Å². The van der Waals surface area contributed by atoms with Crippen LogP contribution in [0.4, 0.5) is 0 Å². The molecular formula is C13H12BrN3OS. The number of nitriles is 1. The van der Waals surface area contributed by atoms with Gasteiger partial charge in [0.15, 0.2) is 5.82 Å². The van der Waals surface area contributed by atoms with Gasteiger partial charge in [0.05, 0.1) is 11.8 Å². The molecule has 0 unspecified atom stereocenters. The molecule has 0 aliphatic carbocycles. The molecule has 0 amide bonds. The quantitative estimate of drug-likeness (QED) is 0.589. The van der Waals surface area contributed by atoms with Crippen LogP contribution in [0.15, 0.2) is 38.2 Å². The number of aryl methyl sites for hydroxylation is 1. The average Bonchev–Trinajstić information content (AvgIpc) is 2.86. The van der Waals surface area contributed by atoms with Gasteiger partial charge in [-0.3, -0.25) is 0 Å². The second kappa shape index (κ2) is 7.31. The molecule has 0 aliphatic rings. The highest BCUT2D eigenvalue weighted by Gasteiger charge is 2.06. The maximum atomic E-state index is 8.46. The molecule has 2 aromatic rings. The molecule has 0 saturated heterocycles. The number of aromatic nitrogens is 2. The third-order valence-corrected chi connectivity index (χ3v) is 3.91. The topological polar surface area (TPSA) is 62.7 Å². The molecule has 6 heteroatoms. The van der Waals surface area contributed by atoms with Crippen LogP contribution in [0.5, 0.6) is 0 Å². The van der Waals surface area contributed by atoms with Gasteiger partial charge in [0.25, 0.3) is 0 Å². The molecule has 2 rings (SSSR count). The Bertz CT molecular complexity index is 562. The maximum Gasteiger partial charge on any atom is 0.226 e. The molecule has 4 nitrogen and oxygen atoms in total. The molecular weight excluding hydrogens is 326 g/mol. The van der Waals surface area contributed by atoms with Gasteiger partial charge in [-0.05, 0) is 30.7 Å². The van der Waals surface area contributed by atoms with Crippen molar-refractivity contribution in [1.82, 2.24) is 10.1 Å². The number of benzene rings is 1. The minimum absolute atomic E-state index is 0.519. The van der Waals surface area contributed by atoms with E-state index in [1.54, 1.807) is 11.8 Å². The van der Waals surface area contributed by atoms with Gasteiger partial charge < -0.3 is 4.52 Å². The SMILES string of the molecule is N#CCCCc1nc(CSc2ccc(Br)cc2)no1. The summed E-state index contributed by atoms with van der Waals surface area (Å²) in [5.41, 5.74) is 0. The summed E-state index contributed by atoms with van der Waals surface area (Å²) in [6.07, 6.45) is 1.95. The Morgan fingerprint density at radius 3 is 2.84 bits per heavy atom. The van der Waals surface area contributed by atoms with Crippen LogP contribution in [0.25, 0.3) is 0 Å². The smallest absolute Gasteiger partial charge is 0.226 e. The summed E-state index contributed by atoms with van der Waals surface area (Å²) < 4.78 is 6.19. The van der Waals surface area contributed by atoms with Crippen LogP contribution in [-0.4, -0.2) is 10.1 Å². The predicted molar refractivity (Wildman–Crippen MR) is 76.6 cm³/mol. The second-order valence-electron chi connectivity index (χ2n) is 3.86. The van der Waals surface area contributed by atoms with Gasteiger partial charge in [-0.2, -0.15) is 10.2 Å². The monoisotopic (exact) mass is 337 g/mol. The van der Waals surface area contributed by atoms with Crippen molar-refractivity contribution in [2.75, 3.05) is 0 Å². The zero-order valence-corrected chi connectivity index (χ0v) is 12.6. The molecule has 98 valence electrons. The standard InChI is InChI=1S/C13H12BrN3OS/c14-10-4-6-11(7-5-10)19-9-12-16-13(18-17-12)3-1-2-8-15/h4-7H,1-3,9H2. The van der Waals surface area contributed by atoms with Gasteiger partial charge in [0.2, 0.25) is 5.89 Å². The molecule has 0 saturated carbocycles. The minimum Gasteiger partial charge on any atom is -0.339 e. The Kier molecular flexibility index (Phi) is 5.43. The summed E-state index contributed by atoms with van der Waals surface area (Å²) in [4.78, 5) is 5.46. The first-order valence-electron chi connectivity index (χ1n) is 5.84. The number of hydrogen-bond acceptors (Lipinski definition) is 5. The van der Waals surface area contributed by atoms with Crippen molar-refractivity contribution in [1.29, 1.82) is 5.26 Å². The summed E-state index contributed by atoms with van der Waals surface area (Å²) in [6.45, 7) is 0. The first-order chi connectivity index (χ1) is 9.28. The summed E-state index contributed by atoms with van der Waals surface area (Å²) in [5.74, 6) is 1.99. The second-order valence-corrected chi connectivity index (χ2v) is 5.82. The number of rotatable bonds is 6. The molecule has 0 bridgehead atoms. The van der Waals surface area contributed by atoms with Crippen LogP contribution in [0.3, 0.4) is 0 Å². The van der Waals surface area contributed by atoms with Crippen molar-refractivity contribution in [2.45, 2.75) is 29.9 Å². The van der Waals surface area contributed by atoms with Gasteiger partial charge in [-0.25, -0.2) is 0 Å². The van der Waals surface area contributed by atoms with Crippen LogP contribution >= 0.6 is 27.7 Å². The van der Waals surface area contributed by atoms with Crippen molar-refractivity contribution < 1.29 is 4.52 Å². The molecule has 19 heavy (non-hydrogen) atoms. The lowest BCUT2D eigenvalue weighted by Crippen LogP contribution is -1.87. The molecule has 1 heterocycles. The highest BCUT2D eigenvalue weighted by Crippen LogP contribution is 2.23. The molecule has 0 N–H and O–H groups in total. The van der Waals surface area contributed by atoms with Gasteiger partial charge in [0, 0.05) is 22.2 Å². The number of nitrogens with zero attached hydrogens (tertiary/aromatic N) is 3. The fourth-order valence-corrected chi connectivity index (χ4v) is 2.45. The maximum absolute atomic E-state index is 8.46. The van der Waals surface area contributed by atoms with Crippen LogP contribution in [0.2, 0.25) is 0 Å². The van der Waals surface area contributed by atoms with E-state index in [-0.39, 0.29) is 0 Å². The van der Waals surface area contributed by atoms with Crippen LogP contribution in [-0.2, 0) is 12.2 Å². The van der Waals surface area contributed by atoms with E-state index in [1.807, 2.05) is 24.3 Å². The zero-order chi connectivity index (χ0) is 13.5. The fourth-order valence-electron chi connectivity index (χ4n) is 1.45. The van der Waals surface area contributed by atoms with E-state index >= 15 is 0 Å². The van der Waals surface area contributed by atoms with E-state index in [4.69, 9.17) is 9.78 Å². The van der Waals surface area contributed by atoms with Gasteiger partial charge in [-0.15, -0.1) is 11.8 Å². The van der Waals surface area contributed by atoms with E-state index in [1.165, 1.54) is 4.90 Å². The third-order valence-electron chi connectivity index (χ3n) is 2.37. The lowest BCUT2D eigenvalue weighted by molar-refractivity contribution is 0.372. The lowest BCUT2D eigenvalue weighted by Gasteiger charge is -1.97. The third kappa shape index (κ3) is 4.69. The number of unbranched alkanes of at least 4 members (excludes halogenated alkanes) is 1. The molecule has 1 aromatic heterocycles. The molecule has 0 radical (unpaired) electrons. The minimum atomic E-state index is 0.519. The molecule has 0 atom stereocenters. The largest absolute Gasteiger partial charge is 0.339 e. The van der Waals surface area contributed by atoms with Crippen molar-refractivity contribution in [3.8, 4) is 6.07 Å². The Morgan fingerprint density at radius 2 is 2.11 bits per heavy atom. The average molecular weight is 338 g/mol. The highest BCUT2D eigenvalue weighted by atomic mass is 79.9. The van der Waals surface area contributed by atoms with Crippen molar-refractivity contribution in [3.05, 3.63) is 40.5 Å². The number of thioether (sulfide) groups is 1. The number of halogens is 1. The van der Waals surface area contributed by atoms with Crippen molar-refractivity contribution in [3.63, 3.8) is 0 Å². The first-order valence-corrected chi connectivity index (χ1v) is 7.62. The molecule has 1 aromatic carbocycles. The summed E-state index contributed by atoms with van der Waals surface area (Å²) in [5, 5.41) is 12.4. The van der Waals surface area contributed by atoms with Crippen molar-refractivity contribution >= 4 is 27.7 Å². The molecule has 0 aliphatic heterocycles. The Hall–Kier alpha value is -1.32. The van der Waals surface area contributed by atoms with E-state index < -0.39 is 0 Å². The Labute approximate surface area is 124 Å². The van der Waals surface area contributed by atoms with E-state index in [0.29, 0.717) is 30.3 Å². The normalized spacial score (nSPS) is 10.3. The summed E-state index contributed by atoms with van der Waals surface area (Å²) in [7, 11) is 0.